The van der Waals surface area contributed by atoms with Gasteiger partial charge >= 0.3 is 6.03 Å². The molecular formula is C24H26ClN3O3. The Bertz CT molecular complexity index is 1060. The molecule has 0 radical (unpaired) electrons. The third kappa shape index (κ3) is 3.53. The smallest absolute Gasteiger partial charge is 0.325 e. The highest BCUT2D eigenvalue weighted by molar-refractivity contribution is 6.30. The van der Waals surface area contributed by atoms with E-state index in [2.05, 4.69) is 12.2 Å². The van der Waals surface area contributed by atoms with Gasteiger partial charge in [0.05, 0.1) is 11.7 Å². The molecule has 2 fully saturated rings. The van der Waals surface area contributed by atoms with Crippen LogP contribution in [-0.2, 0) is 0 Å². The van der Waals surface area contributed by atoms with Crippen LogP contribution in [0.4, 0.5) is 10.5 Å². The maximum Gasteiger partial charge on any atom is 0.325 e. The van der Waals surface area contributed by atoms with Crippen molar-refractivity contribution in [3.05, 3.63) is 58.6 Å². The fraction of sp³-hybridized carbons (Fsp3) is 0.417. The molecule has 1 N–H and O–H groups in total. The van der Waals surface area contributed by atoms with Gasteiger partial charge in [0.15, 0.2) is 5.72 Å². The molecule has 3 amide bonds. The molecule has 3 aliphatic heterocycles. The van der Waals surface area contributed by atoms with Gasteiger partial charge in [0.1, 0.15) is 5.75 Å². The normalized spacial score (nSPS) is 27.3. The molecule has 3 atom stereocenters. The second-order valence-corrected chi connectivity index (χ2v) is 9.49. The van der Waals surface area contributed by atoms with Crippen LogP contribution in [0, 0.1) is 5.92 Å². The Kier molecular flexibility index (Phi) is 4.85. The van der Waals surface area contributed by atoms with Gasteiger partial charge in [0.2, 0.25) is 0 Å². The number of ether oxygens (including phenoxy) is 1. The Morgan fingerprint density at radius 1 is 1.26 bits per heavy atom. The summed E-state index contributed by atoms with van der Waals surface area (Å²) in [6.07, 6.45) is 2.76. The van der Waals surface area contributed by atoms with Crippen LogP contribution < -0.4 is 15.0 Å². The summed E-state index contributed by atoms with van der Waals surface area (Å²) >= 11 is 6.15. The molecule has 0 unspecified atom stereocenters. The van der Waals surface area contributed by atoms with E-state index in [-0.39, 0.29) is 18.0 Å². The summed E-state index contributed by atoms with van der Waals surface area (Å²) in [5, 5.41) is 3.69. The second kappa shape index (κ2) is 7.45. The van der Waals surface area contributed by atoms with Gasteiger partial charge in [-0.05, 0) is 62.1 Å². The minimum Gasteiger partial charge on any atom is -0.467 e. The molecule has 3 aliphatic rings. The molecule has 31 heavy (non-hydrogen) atoms. The summed E-state index contributed by atoms with van der Waals surface area (Å²) < 4.78 is 6.32. The number of urea groups is 1. The zero-order chi connectivity index (χ0) is 21.8. The standard InChI is InChI=1S/C24H26ClN3O3/c1-15-5-4-10-27(14-15)22(29)16-6-3-7-18(11-16)28-23(30)26-20-13-24(28,2)31-21-9-8-17(25)12-19(20)21/h3,6-9,11-12,15,20H,4-5,10,13-14H2,1-2H3,(H,26,30)/t15-,20-,24+/m0/s1. The molecule has 0 aliphatic carbocycles. The lowest BCUT2D eigenvalue weighted by atomic mass is 9.90. The molecule has 2 bridgehead atoms. The van der Waals surface area contributed by atoms with E-state index in [1.165, 1.54) is 0 Å². The van der Waals surface area contributed by atoms with Crippen LogP contribution in [0.5, 0.6) is 5.75 Å². The highest BCUT2D eigenvalue weighted by Crippen LogP contribution is 2.46. The van der Waals surface area contributed by atoms with Crippen molar-refractivity contribution in [2.75, 3.05) is 18.0 Å². The molecule has 2 aromatic rings. The zero-order valence-electron chi connectivity index (χ0n) is 17.7. The number of anilines is 1. The summed E-state index contributed by atoms with van der Waals surface area (Å²) in [4.78, 5) is 29.8. The van der Waals surface area contributed by atoms with Crippen LogP contribution in [0.25, 0.3) is 0 Å². The fourth-order valence-corrected chi connectivity index (χ4v) is 5.25. The summed E-state index contributed by atoms with van der Waals surface area (Å²) in [7, 11) is 0. The van der Waals surface area contributed by atoms with Crippen molar-refractivity contribution in [3.63, 3.8) is 0 Å². The third-order valence-corrected chi connectivity index (χ3v) is 6.76. The lowest BCUT2D eigenvalue weighted by molar-refractivity contribution is 0.0378. The van der Waals surface area contributed by atoms with E-state index < -0.39 is 5.72 Å². The number of carbonyl (C=O) groups excluding carboxylic acids is 2. The number of hydrogen-bond donors (Lipinski definition) is 1. The minimum absolute atomic E-state index is 0.0124. The summed E-state index contributed by atoms with van der Waals surface area (Å²) in [6, 6.07) is 12.3. The minimum atomic E-state index is -0.866. The van der Waals surface area contributed by atoms with Crippen LogP contribution in [0.1, 0.15) is 55.1 Å². The number of rotatable bonds is 2. The topological polar surface area (TPSA) is 61.9 Å². The number of piperidine rings is 1. The Morgan fingerprint density at radius 2 is 2.10 bits per heavy atom. The number of carbonyl (C=O) groups is 2. The van der Waals surface area contributed by atoms with Gasteiger partial charge in [0, 0.05) is 35.7 Å². The molecule has 2 saturated heterocycles. The average Bonchev–Trinajstić information content (AvgIpc) is 2.73. The quantitative estimate of drug-likeness (QED) is 0.717. The van der Waals surface area contributed by atoms with Crippen molar-refractivity contribution in [1.29, 1.82) is 0 Å². The van der Waals surface area contributed by atoms with E-state index in [0.29, 0.717) is 34.4 Å². The van der Waals surface area contributed by atoms with Crippen molar-refractivity contribution in [3.8, 4) is 5.75 Å². The maximum atomic E-state index is 13.1. The molecule has 6 nitrogen and oxygen atoms in total. The highest BCUT2D eigenvalue weighted by Gasteiger charge is 2.50. The third-order valence-electron chi connectivity index (χ3n) is 6.53. The van der Waals surface area contributed by atoms with Crippen molar-refractivity contribution >= 4 is 29.2 Å². The van der Waals surface area contributed by atoms with Gasteiger partial charge in [-0.2, -0.15) is 0 Å². The van der Waals surface area contributed by atoms with Gasteiger partial charge in [-0.3, -0.25) is 9.69 Å². The Labute approximate surface area is 187 Å². The van der Waals surface area contributed by atoms with E-state index in [4.69, 9.17) is 16.3 Å². The number of nitrogens with one attached hydrogen (secondary N) is 1. The lowest BCUT2D eigenvalue weighted by Gasteiger charge is -2.50. The average molecular weight is 440 g/mol. The number of nitrogens with zero attached hydrogens (tertiary/aromatic N) is 2. The first-order valence-corrected chi connectivity index (χ1v) is 11.2. The number of likely N-dealkylation sites (tertiary alicyclic amines) is 1. The molecule has 0 spiro atoms. The number of benzene rings is 2. The summed E-state index contributed by atoms with van der Waals surface area (Å²) in [5.74, 6) is 1.23. The van der Waals surface area contributed by atoms with Crippen LogP contribution >= 0.6 is 11.6 Å². The first kappa shape index (κ1) is 20.2. The Morgan fingerprint density at radius 3 is 2.90 bits per heavy atom. The van der Waals surface area contributed by atoms with Crippen LogP contribution in [0.2, 0.25) is 5.02 Å². The number of fused-ring (bicyclic) bond motifs is 4. The van der Waals surface area contributed by atoms with Crippen LogP contribution in [0.15, 0.2) is 42.5 Å². The fourth-order valence-electron chi connectivity index (χ4n) is 5.07. The first-order valence-electron chi connectivity index (χ1n) is 10.8. The van der Waals surface area contributed by atoms with Crippen molar-refractivity contribution in [2.24, 2.45) is 5.92 Å². The molecule has 0 saturated carbocycles. The number of hydrogen-bond acceptors (Lipinski definition) is 3. The first-order chi connectivity index (χ1) is 14.8. The SMILES string of the molecule is C[C@H]1CCCN(C(=O)c2cccc(N3C(=O)N[C@H]4C[C@@]3(C)Oc3ccc(Cl)cc34)c2)C1. The lowest BCUT2D eigenvalue weighted by Crippen LogP contribution is -2.65. The van der Waals surface area contributed by atoms with Gasteiger partial charge in [-0.15, -0.1) is 0 Å². The van der Waals surface area contributed by atoms with Crippen LogP contribution in [0.3, 0.4) is 0 Å². The van der Waals surface area contributed by atoms with Gasteiger partial charge < -0.3 is 15.0 Å². The predicted molar refractivity (Wildman–Crippen MR) is 120 cm³/mol. The van der Waals surface area contributed by atoms with Crippen molar-refractivity contribution in [1.82, 2.24) is 10.2 Å². The van der Waals surface area contributed by atoms with Crippen molar-refractivity contribution < 1.29 is 14.3 Å². The maximum absolute atomic E-state index is 13.1. The van der Waals surface area contributed by atoms with Gasteiger partial charge in [0.25, 0.3) is 5.91 Å². The zero-order valence-corrected chi connectivity index (χ0v) is 18.5. The molecule has 5 rings (SSSR count). The molecule has 7 heteroatoms. The van der Waals surface area contributed by atoms with Gasteiger partial charge in [-0.1, -0.05) is 24.6 Å². The predicted octanol–water partition coefficient (Wildman–Crippen LogP) is 4.98. The second-order valence-electron chi connectivity index (χ2n) is 9.05. The molecular weight excluding hydrogens is 414 g/mol. The van der Waals surface area contributed by atoms with Crippen LogP contribution in [-0.4, -0.2) is 35.7 Å². The molecule has 3 heterocycles. The van der Waals surface area contributed by atoms with E-state index in [0.717, 1.165) is 31.5 Å². The molecule has 2 aromatic carbocycles. The molecule has 0 aromatic heterocycles. The van der Waals surface area contributed by atoms with E-state index >= 15 is 0 Å². The summed E-state index contributed by atoms with van der Waals surface area (Å²) in [5.41, 5.74) is 1.26. The van der Waals surface area contributed by atoms with Crippen molar-refractivity contribution in [2.45, 2.75) is 44.9 Å². The van der Waals surface area contributed by atoms with Gasteiger partial charge in [-0.25, -0.2) is 4.79 Å². The Balaban J connectivity index is 1.47. The highest BCUT2D eigenvalue weighted by atomic mass is 35.5. The monoisotopic (exact) mass is 439 g/mol. The molecule has 162 valence electrons. The van der Waals surface area contributed by atoms with E-state index in [1.54, 1.807) is 17.0 Å². The van der Waals surface area contributed by atoms with E-state index in [1.807, 2.05) is 42.2 Å². The number of halogens is 1. The van der Waals surface area contributed by atoms with E-state index in [9.17, 15) is 9.59 Å². The Hall–Kier alpha value is -2.73. The number of amides is 3. The summed E-state index contributed by atoms with van der Waals surface area (Å²) in [6.45, 7) is 5.64. The largest absolute Gasteiger partial charge is 0.467 e.